The molecule has 0 bridgehead atoms. The summed E-state index contributed by atoms with van der Waals surface area (Å²) < 4.78 is 0. The van der Waals surface area contributed by atoms with Crippen LogP contribution in [-0.2, 0) is 0 Å². The molecule has 0 unspecified atom stereocenters. The van der Waals surface area contributed by atoms with Crippen molar-refractivity contribution in [3.05, 3.63) is 24.0 Å². The molecule has 1 aromatic rings. The fourth-order valence-electron chi connectivity index (χ4n) is 1.57. The van der Waals surface area contributed by atoms with E-state index < -0.39 is 0 Å². The van der Waals surface area contributed by atoms with Crippen LogP contribution in [0.15, 0.2) is 18.3 Å². The van der Waals surface area contributed by atoms with Crippen molar-refractivity contribution in [3.8, 4) is 0 Å². The summed E-state index contributed by atoms with van der Waals surface area (Å²) in [5.74, 6) is 0.526. The predicted octanol–water partition coefficient (Wildman–Crippen LogP) is 3.07. The minimum atomic E-state index is -0.250. The summed E-state index contributed by atoms with van der Waals surface area (Å²) in [5.41, 5.74) is 1.14. The fourth-order valence-corrected chi connectivity index (χ4v) is 1.57. The molecule has 0 aliphatic heterocycles. The third-order valence-corrected chi connectivity index (χ3v) is 2.53. The molecule has 4 heteroatoms. The molecule has 2 N–H and O–H groups in total. The van der Waals surface area contributed by atoms with E-state index in [2.05, 4.69) is 29.5 Å². The fraction of sp³-hybridized carbons (Fsp3) is 0.600. The van der Waals surface area contributed by atoms with Crippen molar-refractivity contribution in [2.75, 3.05) is 11.9 Å². The number of hydrogen-bond donors (Lipinski definition) is 2. The van der Waals surface area contributed by atoms with Gasteiger partial charge in [0, 0.05) is 24.0 Å². The Morgan fingerprint density at radius 3 is 2.63 bits per heavy atom. The number of carbonyl (C=O) groups excluding carboxylic acids is 1. The number of aromatic nitrogens is 1. The zero-order chi connectivity index (χ0) is 14.5. The second kappa shape index (κ2) is 6.55. The number of nitrogens with zero attached hydrogens (tertiary/aromatic N) is 1. The molecule has 0 radical (unpaired) electrons. The maximum atomic E-state index is 12.0. The molecule has 106 valence electrons. The van der Waals surface area contributed by atoms with Gasteiger partial charge in [0.1, 0.15) is 5.69 Å². The Kier molecular flexibility index (Phi) is 5.33. The summed E-state index contributed by atoms with van der Waals surface area (Å²) in [6, 6.07) is 3.68. The molecule has 0 aliphatic rings. The molecule has 0 saturated carbocycles. The largest absolute Gasteiger partial charge is 0.385 e. The van der Waals surface area contributed by atoms with Crippen LogP contribution >= 0.6 is 0 Å². The van der Waals surface area contributed by atoms with Gasteiger partial charge in [-0.05, 0) is 45.2 Å². The van der Waals surface area contributed by atoms with E-state index in [4.69, 9.17) is 0 Å². The number of carbonyl (C=O) groups is 1. The topological polar surface area (TPSA) is 54.0 Å². The maximum absolute atomic E-state index is 12.0. The van der Waals surface area contributed by atoms with Gasteiger partial charge in [0.05, 0.1) is 0 Å². The Balaban J connectivity index is 2.64. The highest BCUT2D eigenvalue weighted by Gasteiger charge is 2.16. The first-order chi connectivity index (χ1) is 8.78. The third-order valence-electron chi connectivity index (χ3n) is 2.53. The zero-order valence-electron chi connectivity index (χ0n) is 12.6. The Morgan fingerprint density at radius 2 is 2.05 bits per heavy atom. The highest BCUT2D eigenvalue weighted by molar-refractivity contribution is 5.93. The second-order valence-corrected chi connectivity index (χ2v) is 6.24. The number of anilines is 1. The first kappa shape index (κ1) is 15.5. The molecule has 1 aromatic heterocycles. The minimum absolute atomic E-state index is 0.139. The Morgan fingerprint density at radius 1 is 1.37 bits per heavy atom. The normalized spacial score (nSPS) is 11.5. The first-order valence-corrected chi connectivity index (χ1v) is 6.80. The van der Waals surface area contributed by atoms with Crippen molar-refractivity contribution in [1.82, 2.24) is 10.3 Å². The molecular weight excluding hydrogens is 238 g/mol. The van der Waals surface area contributed by atoms with Crippen LogP contribution in [0.1, 0.15) is 51.5 Å². The van der Waals surface area contributed by atoms with Crippen molar-refractivity contribution in [3.63, 3.8) is 0 Å². The molecule has 0 fully saturated rings. The molecule has 0 spiro atoms. The van der Waals surface area contributed by atoms with Crippen molar-refractivity contribution in [2.45, 2.75) is 46.6 Å². The third kappa shape index (κ3) is 6.22. The van der Waals surface area contributed by atoms with Crippen LogP contribution < -0.4 is 10.6 Å². The molecule has 1 heterocycles. The highest BCUT2D eigenvalue weighted by Crippen LogP contribution is 2.10. The van der Waals surface area contributed by atoms with Gasteiger partial charge in [0.25, 0.3) is 5.91 Å². The number of pyridine rings is 1. The van der Waals surface area contributed by atoms with Crippen LogP contribution in [0.2, 0.25) is 0 Å². The van der Waals surface area contributed by atoms with Crippen molar-refractivity contribution >= 4 is 11.6 Å². The minimum Gasteiger partial charge on any atom is -0.385 e. The first-order valence-electron chi connectivity index (χ1n) is 6.80. The van der Waals surface area contributed by atoms with Crippen LogP contribution in [0.25, 0.3) is 0 Å². The zero-order valence-corrected chi connectivity index (χ0v) is 12.6. The van der Waals surface area contributed by atoms with Crippen molar-refractivity contribution in [2.24, 2.45) is 5.92 Å². The lowest BCUT2D eigenvalue weighted by Gasteiger charge is -2.20. The van der Waals surface area contributed by atoms with E-state index in [0.29, 0.717) is 11.6 Å². The van der Waals surface area contributed by atoms with Gasteiger partial charge < -0.3 is 10.6 Å². The van der Waals surface area contributed by atoms with Gasteiger partial charge in [0.2, 0.25) is 0 Å². The molecule has 1 amide bonds. The SMILES string of the molecule is CC(C)CCNc1ccnc(C(=O)NC(C)(C)C)c1. The molecule has 0 atom stereocenters. The smallest absolute Gasteiger partial charge is 0.270 e. The molecule has 0 aliphatic carbocycles. The lowest BCUT2D eigenvalue weighted by Crippen LogP contribution is -2.40. The Bertz CT molecular complexity index is 422. The molecular formula is C15H25N3O. The maximum Gasteiger partial charge on any atom is 0.270 e. The molecule has 4 nitrogen and oxygen atoms in total. The van der Waals surface area contributed by atoms with Crippen LogP contribution in [0, 0.1) is 5.92 Å². The van der Waals surface area contributed by atoms with Crippen molar-refractivity contribution < 1.29 is 4.79 Å². The van der Waals surface area contributed by atoms with E-state index in [1.165, 1.54) is 0 Å². The van der Waals surface area contributed by atoms with Gasteiger partial charge >= 0.3 is 0 Å². The summed E-state index contributed by atoms with van der Waals surface area (Å²) in [4.78, 5) is 16.1. The Hall–Kier alpha value is -1.58. The van der Waals surface area contributed by atoms with Crippen LogP contribution in [0.5, 0.6) is 0 Å². The standard InChI is InChI=1S/C15H25N3O/c1-11(2)6-8-16-12-7-9-17-13(10-12)14(19)18-15(3,4)5/h7,9-11H,6,8H2,1-5H3,(H,16,17)(H,18,19). The average molecular weight is 263 g/mol. The quantitative estimate of drug-likeness (QED) is 0.858. The van der Waals surface area contributed by atoms with Crippen LogP contribution in [0.4, 0.5) is 5.69 Å². The van der Waals surface area contributed by atoms with Gasteiger partial charge in [-0.1, -0.05) is 13.8 Å². The summed E-state index contributed by atoms with van der Waals surface area (Å²) in [6.45, 7) is 11.1. The van der Waals surface area contributed by atoms with E-state index in [0.717, 1.165) is 18.7 Å². The predicted molar refractivity (Wildman–Crippen MR) is 79.4 cm³/mol. The average Bonchev–Trinajstić information content (AvgIpc) is 2.26. The van der Waals surface area contributed by atoms with Gasteiger partial charge in [0.15, 0.2) is 0 Å². The monoisotopic (exact) mass is 263 g/mol. The number of hydrogen-bond acceptors (Lipinski definition) is 3. The summed E-state index contributed by atoms with van der Waals surface area (Å²) >= 11 is 0. The lowest BCUT2D eigenvalue weighted by atomic mass is 10.1. The van der Waals surface area contributed by atoms with Gasteiger partial charge in [-0.3, -0.25) is 9.78 Å². The molecule has 1 rings (SSSR count). The highest BCUT2D eigenvalue weighted by atomic mass is 16.2. The summed E-state index contributed by atoms with van der Waals surface area (Å²) in [7, 11) is 0. The summed E-state index contributed by atoms with van der Waals surface area (Å²) in [6.07, 6.45) is 2.77. The van der Waals surface area contributed by atoms with Gasteiger partial charge in [-0.25, -0.2) is 0 Å². The van der Waals surface area contributed by atoms with Crippen molar-refractivity contribution in [1.29, 1.82) is 0 Å². The van der Waals surface area contributed by atoms with E-state index in [1.807, 2.05) is 26.8 Å². The van der Waals surface area contributed by atoms with Gasteiger partial charge in [-0.15, -0.1) is 0 Å². The summed E-state index contributed by atoms with van der Waals surface area (Å²) in [5, 5.41) is 6.22. The lowest BCUT2D eigenvalue weighted by molar-refractivity contribution is 0.0914. The van der Waals surface area contributed by atoms with Gasteiger partial charge in [-0.2, -0.15) is 0 Å². The molecule has 0 aromatic carbocycles. The van der Waals surface area contributed by atoms with Crippen LogP contribution in [0.3, 0.4) is 0 Å². The number of nitrogens with one attached hydrogen (secondary N) is 2. The number of rotatable bonds is 5. The Labute approximate surface area is 116 Å². The second-order valence-electron chi connectivity index (χ2n) is 6.24. The van der Waals surface area contributed by atoms with E-state index >= 15 is 0 Å². The van der Waals surface area contributed by atoms with E-state index in [-0.39, 0.29) is 11.4 Å². The van der Waals surface area contributed by atoms with Crippen LogP contribution in [-0.4, -0.2) is 23.0 Å². The van der Waals surface area contributed by atoms with E-state index in [1.54, 1.807) is 12.3 Å². The van der Waals surface area contributed by atoms with E-state index in [9.17, 15) is 4.79 Å². The molecule has 0 saturated heterocycles. The number of amides is 1. The molecule has 19 heavy (non-hydrogen) atoms.